The molecule has 0 spiro atoms. The summed E-state index contributed by atoms with van der Waals surface area (Å²) in [5.74, 6) is 0.484. The third-order valence-corrected chi connectivity index (χ3v) is 5.11. The second kappa shape index (κ2) is 14.5. The fraction of sp³-hybridized carbons (Fsp3) is 0.321. The molecule has 2 aromatic carbocycles. The fourth-order valence-electron chi connectivity index (χ4n) is 3.05. The van der Waals surface area contributed by atoms with Gasteiger partial charge in [-0.1, -0.05) is 38.1 Å². The van der Waals surface area contributed by atoms with E-state index in [1.807, 2.05) is 19.9 Å². The van der Waals surface area contributed by atoms with Crippen molar-refractivity contribution in [3.05, 3.63) is 83.2 Å². The average molecular weight is 497 g/mol. The van der Waals surface area contributed by atoms with Crippen LogP contribution in [0.5, 0.6) is 17.2 Å². The van der Waals surface area contributed by atoms with E-state index in [0.29, 0.717) is 39.6 Å². The number of rotatable bonds is 7. The molecule has 3 aromatic rings. The van der Waals surface area contributed by atoms with E-state index in [-0.39, 0.29) is 23.5 Å². The van der Waals surface area contributed by atoms with Crippen molar-refractivity contribution in [2.45, 2.75) is 40.7 Å². The van der Waals surface area contributed by atoms with Crippen LogP contribution in [0.2, 0.25) is 0 Å². The zero-order valence-electron chi connectivity index (χ0n) is 22.3. The van der Waals surface area contributed by atoms with Gasteiger partial charge in [-0.05, 0) is 45.0 Å². The molecule has 1 aromatic heterocycles. The van der Waals surface area contributed by atoms with Crippen molar-refractivity contribution in [1.82, 2.24) is 9.78 Å². The van der Waals surface area contributed by atoms with Gasteiger partial charge in [0.15, 0.2) is 11.5 Å². The number of ether oxygens (including phenoxy) is 3. The van der Waals surface area contributed by atoms with Crippen molar-refractivity contribution in [2.75, 3.05) is 21.3 Å². The molecule has 36 heavy (non-hydrogen) atoms. The zero-order chi connectivity index (χ0) is 27.4. The summed E-state index contributed by atoms with van der Waals surface area (Å²) in [6.07, 6.45) is 1.12. The predicted octanol–water partition coefficient (Wildman–Crippen LogP) is 5.02. The molecule has 1 unspecified atom stereocenters. The molecular formula is C28H36N2O6. The van der Waals surface area contributed by atoms with Gasteiger partial charge in [-0.25, -0.2) is 4.68 Å². The number of ketones is 1. The molecule has 3 rings (SSSR count). The van der Waals surface area contributed by atoms with Crippen LogP contribution in [0.25, 0.3) is 0 Å². The highest BCUT2D eigenvalue weighted by molar-refractivity contribution is 6.10. The number of methoxy groups -OCH3 is 3. The molecular weight excluding hydrogens is 460 g/mol. The van der Waals surface area contributed by atoms with Gasteiger partial charge in [-0.2, -0.15) is 5.10 Å². The second-order valence-corrected chi connectivity index (χ2v) is 7.36. The number of aromatic nitrogens is 2. The quantitative estimate of drug-likeness (QED) is 0.362. The Morgan fingerprint density at radius 2 is 1.47 bits per heavy atom. The van der Waals surface area contributed by atoms with Crippen LogP contribution < -0.4 is 14.2 Å². The summed E-state index contributed by atoms with van der Waals surface area (Å²) >= 11 is 0. The number of nitrogens with zero attached hydrogens (tertiary/aromatic N) is 2. The Morgan fingerprint density at radius 1 is 0.972 bits per heavy atom. The summed E-state index contributed by atoms with van der Waals surface area (Å²) in [5, 5.41) is 12.6. The first-order valence-electron chi connectivity index (χ1n) is 11.5. The first-order chi connectivity index (χ1) is 17.2. The van der Waals surface area contributed by atoms with Gasteiger partial charge in [0.05, 0.1) is 27.4 Å². The largest absolute Gasteiger partial charge is 0.493 e. The third kappa shape index (κ3) is 7.05. The summed E-state index contributed by atoms with van der Waals surface area (Å²) < 4.78 is 17.2. The minimum atomic E-state index is -0.352. The normalized spacial score (nSPS) is 10.6. The van der Waals surface area contributed by atoms with Crippen LogP contribution in [0.15, 0.2) is 55.1 Å². The van der Waals surface area contributed by atoms with E-state index in [1.54, 1.807) is 57.2 Å². The van der Waals surface area contributed by atoms with Crippen LogP contribution in [0.4, 0.5) is 0 Å². The maximum Gasteiger partial charge on any atom is 0.278 e. The molecule has 0 amide bonds. The van der Waals surface area contributed by atoms with Crippen molar-refractivity contribution in [1.29, 1.82) is 0 Å². The highest BCUT2D eigenvalue weighted by atomic mass is 16.5. The number of hydrogen-bond acceptors (Lipinski definition) is 7. The van der Waals surface area contributed by atoms with Crippen molar-refractivity contribution in [2.24, 2.45) is 0 Å². The number of aliphatic hydroxyl groups is 1. The highest BCUT2D eigenvalue weighted by Crippen LogP contribution is 2.38. The topological polar surface area (TPSA) is 99.9 Å². The van der Waals surface area contributed by atoms with E-state index in [9.17, 15) is 9.59 Å². The molecule has 194 valence electrons. The summed E-state index contributed by atoms with van der Waals surface area (Å²) in [6.45, 7) is 12.5. The minimum absolute atomic E-state index is 0.195. The molecule has 0 fully saturated rings. The Hall–Kier alpha value is -3.91. The van der Waals surface area contributed by atoms with E-state index < -0.39 is 0 Å². The number of benzene rings is 2. The molecule has 0 bridgehead atoms. The maximum atomic E-state index is 13.2. The van der Waals surface area contributed by atoms with Crippen molar-refractivity contribution in [3.8, 4) is 17.2 Å². The lowest BCUT2D eigenvalue weighted by atomic mass is 10.0. The molecule has 0 aliphatic carbocycles. The Bertz CT molecular complexity index is 1140. The van der Waals surface area contributed by atoms with Crippen LogP contribution in [0, 0.1) is 13.8 Å². The summed E-state index contributed by atoms with van der Waals surface area (Å²) in [5.41, 5.74) is 2.24. The number of carbonyl (C=O) groups excluding carboxylic acids is 2. The van der Waals surface area contributed by atoms with Crippen molar-refractivity contribution < 1.29 is 28.9 Å². The van der Waals surface area contributed by atoms with Gasteiger partial charge in [0.2, 0.25) is 11.5 Å². The zero-order valence-corrected chi connectivity index (χ0v) is 22.3. The van der Waals surface area contributed by atoms with E-state index in [2.05, 4.69) is 11.7 Å². The van der Waals surface area contributed by atoms with Gasteiger partial charge in [0.25, 0.3) is 5.91 Å². The van der Waals surface area contributed by atoms with Crippen molar-refractivity contribution in [3.63, 3.8) is 0 Å². The predicted molar refractivity (Wildman–Crippen MR) is 141 cm³/mol. The van der Waals surface area contributed by atoms with Gasteiger partial charge in [0.1, 0.15) is 5.69 Å². The summed E-state index contributed by atoms with van der Waals surface area (Å²) in [7, 11) is 4.45. The van der Waals surface area contributed by atoms with E-state index in [1.165, 1.54) is 32.1 Å². The number of hydrogen-bond donors (Lipinski definition) is 1. The van der Waals surface area contributed by atoms with Gasteiger partial charge < -0.3 is 19.3 Å². The Labute approximate surface area is 213 Å². The Balaban J connectivity index is 0.000000826. The summed E-state index contributed by atoms with van der Waals surface area (Å²) in [6, 6.07) is 11.9. The monoisotopic (exact) mass is 496 g/mol. The summed E-state index contributed by atoms with van der Waals surface area (Å²) in [4.78, 5) is 26.0. The smallest absolute Gasteiger partial charge is 0.278 e. The fourth-order valence-corrected chi connectivity index (χ4v) is 3.05. The van der Waals surface area contributed by atoms with Gasteiger partial charge in [-0.3, -0.25) is 9.59 Å². The van der Waals surface area contributed by atoms with Crippen LogP contribution >= 0.6 is 0 Å². The van der Waals surface area contributed by atoms with E-state index in [4.69, 9.17) is 19.3 Å². The maximum absolute atomic E-state index is 13.2. The lowest BCUT2D eigenvalue weighted by molar-refractivity contribution is 0.0941. The average Bonchev–Trinajstić information content (AvgIpc) is 3.22. The van der Waals surface area contributed by atoms with Crippen LogP contribution in [-0.2, 0) is 0 Å². The third-order valence-electron chi connectivity index (χ3n) is 5.11. The molecule has 1 N–H and O–H groups in total. The molecule has 1 atom stereocenters. The second-order valence-electron chi connectivity index (χ2n) is 7.36. The molecule has 0 saturated heterocycles. The van der Waals surface area contributed by atoms with E-state index >= 15 is 0 Å². The number of carbonyl (C=O) groups is 2. The first kappa shape index (κ1) is 30.1. The Morgan fingerprint density at radius 3 is 1.89 bits per heavy atom. The first-order valence-corrected chi connectivity index (χ1v) is 11.5. The lowest BCUT2D eigenvalue weighted by Gasteiger charge is -2.13. The molecule has 0 aliphatic heterocycles. The van der Waals surface area contributed by atoms with Crippen LogP contribution in [-0.4, -0.2) is 54.0 Å². The Kier molecular flexibility index (Phi) is 12.1. The lowest BCUT2D eigenvalue weighted by Crippen LogP contribution is -2.16. The number of aliphatic hydroxyl groups excluding tert-OH is 1. The molecule has 1 heterocycles. The van der Waals surface area contributed by atoms with Crippen LogP contribution in [0.1, 0.15) is 58.4 Å². The standard InChI is InChI=1S/C22H22N2O5.C4H8O.C2H6/c1-13-14(2)24(22(26)15-9-7-6-8-10-15)23-19(13)20(25)16-11-17(27-3)21(29-5)18(12-16)28-4;1-3-4(2)5;1-2/h6-12H,1-5H3;3-5H,1H2,2H3;1-2H3. The van der Waals surface area contributed by atoms with Gasteiger partial charge >= 0.3 is 0 Å². The minimum Gasteiger partial charge on any atom is -0.493 e. The van der Waals surface area contributed by atoms with E-state index in [0.717, 1.165) is 0 Å². The molecule has 0 saturated carbocycles. The van der Waals surface area contributed by atoms with Crippen LogP contribution in [0.3, 0.4) is 0 Å². The van der Waals surface area contributed by atoms with Gasteiger partial charge in [-0.15, -0.1) is 6.58 Å². The SMILES string of the molecule is C=CC(C)O.CC.COc1cc(C(=O)c2nn(C(=O)c3ccccc3)c(C)c2C)cc(OC)c1OC. The van der Waals surface area contributed by atoms with Gasteiger partial charge in [0, 0.05) is 22.4 Å². The highest BCUT2D eigenvalue weighted by Gasteiger charge is 2.25. The molecule has 0 aliphatic rings. The molecule has 8 nitrogen and oxygen atoms in total. The van der Waals surface area contributed by atoms with Crippen molar-refractivity contribution >= 4 is 11.7 Å². The molecule has 0 radical (unpaired) electrons. The molecule has 8 heteroatoms.